The number of thiol groups is 1. The molecule has 210 valence electrons. The maximum Gasteiger partial charge on any atom is 0.355 e. The van der Waals surface area contributed by atoms with Gasteiger partial charge in [0.05, 0.1) is 11.4 Å². The number of carboxylic acid groups (broad SMARTS) is 1. The number of hydrogen-bond acceptors (Lipinski definition) is 6. The van der Waals surface area contributed by atoms with Gasteiger partial charge >= 0.3 is 5.97 Å². The van der Waals surface area contributed by atoms with E-state index < -0.39 is 22.8 Å². The Morgan fingerprint density at radius 2 is 1.80 bits per heavy atom. The highest BCUT2D eigenvalue weighted by atomic mass is 32.2. The molecule has 1 atom stereocenters. The Hall–Kier alpha value is -3.32. The average Bonchev–Trinajstić information content (AvgIpc) is 3.81. The number of nitrogens with zero attached hydrogens (tertiary/aromatic N) is 3. The zero-order valence-corrected chi connectivity index (χ0v) is 23.1. The van der Waals surface area contributed by atoms with E-state index in [2.05, 4.69) is 4.98 Å². The molecule has 6 rings (SSSR count). The van der Waals surface area contributed by atoms with Gasteiger partial charge in [-0.3, -0.25) is 0 Å². The van der Waals surface area contributed by atoms with E-state index in [9.17, 15) is 22.9 Å². The molecule has 2 aromatic heterocycles. The second-order valence-electron chi connectivity index (χ2n) is 10.4. The van der Waals surface area contributed by atoms with Crippen molar-refractivity contribution in [1.82, 2.24) is 14.8 Å². The van der Waals surface area contributed by atoms with E-state index in [1.807, 2.05) is 6.07 Å². The molecule has 0 saturated heterocycles. The molecule has 2 saturated carbocycles. The molecule has 2 heterocycles. The van der Waals surface area contributed by atoms with Crippen LogP contribution in [0.15, 0.2) is 46.7 Å². The summed E-state index contributed by atoms with van der Waals surface area (Å²) in [6, 6.07) is 9.50. The number of nitrogens with two attached hydrogens (primary N) is 1. The van der Waals surface area contributed by atoms with Gasteiger partial charge in [0.25, 0.3) is 0 Å². The first-order valence-electron chi connectivity index (χ1n) is 12.9. The van der Waals surface area contributed by atoms with E-state index in [4.69, 9.17) is 10.2 Å². The summed E-state index contributed by atoms with van der Waals surface area (Å²) in [4.78, 5) is 15.8. The molecule has 0 spiro atoms. The quantitative estimate of drug-likeness (QED) is 0.193. The van der Waals surface area contributed by atoms with Crippen LogP contribution in [0.5, 0.6) is 0 Å². The molecule has 4 aromatic rings. The van der Waals surface area contributed by atoms with E-state index in [-0.39, 0.29) is 21.9 Å². The number of aromatic carboxylic acids is 1. The number of hydrogen-bond donors (Lipinski definition) is 2. The number of aromatic nitrogens is 3. The number of benzene rings is 2. The Labute approximate surface area is 235 Å². The van der Waals surface area contributed by atoms with Crippen LogP contribution in [0, 0.1) is 23.5 Å². The average molecular weight is 587 g/mol. The first kappa shape index (κ1) is 28.2. The summed E-state index contributed by atoms with van der Waals surface area (Å²) in [7, 11) is -2.31. The number of halogens is 2. The molecular weight excluding hydrogens is 558 g/mol. The molecule has 40 heavy (non-hydrogen) atoms. The predicted molar refractivity (Wildman–Crippen MR) is 147 cm³/mol. The summed E-state index contributed by atoms with van der Waals surface area (Å²) in [6.45, 7) is 0. The Balaban J connectivity index is 0.00000323. The Morgan fingerprint density at radius 3 is 2.42 bits per heavy atom. The second-order valence-corrected chi connectivity index (χ2v) is 12.4. The monoisotopic (exact) mass is 586 g/mol. The smallest absolute Gasteiger partial charge is 0.355 e. The molecule has 2 aliphatic carbocycles. The van der Waals surface area contributed by atoms with Crippen LogP contribution in [0.4, 0.5) is 8.78 Å². The van der Waals surface area contributed by atoms with E-state index in [0.717, 1.165) is 42.5 Å². The van der Waals surface area contributed by atoms with E-state index >= 15 is 0 Å². The molecule has 8 nitrogen and oxygen atoms in total. The van der Waals surface area contributed by atoms with Crippen molar-refractivity contribution in [2.24, 2.45) is 17.0 Å². The standard InChI is InChI=1S/C28H26F2N4O3S2.H2O/c29-21-7-6-18(13-19(21)9-15-1-2-15)26-20(10-17-5-8-25(39(31)37)22(30)11-17)24(12-16-3-4-16)34(33-26)28-32-23(14-38-28)27(35)36;/h5-8,11,13-16H,1-4,9-10,12H2,(H2,31,37)(H,35,36);1H2. The van der Waals surface area contributed by atoms with Crippen LogP contribution >= 0.6 is 11.3 Å². The normalized spacial score (nSPS) is 15.6. The second kappa shape index (κ2) is 11.3. The predicted octanol–water partition coefficient (Wildman–Crippen LogP) is 5.22. The lowest BCUT2D eigenvalue weighted by Crippen LogP contribution is -2.07. The van der Waals surface area contributed by atoms with E-state index in [1.165, 1.54) is 34.9 Å². The first-order valence-corrected chi connectivity index (χ1v) is 15.1. The minimum atomic E-state index is -2.31. The molecule has 0 aliphatic heterocycles. The summed E-state index contributed by atoms with van der Waals surface area (Å²) in [6.07, 6.45) is 6.04. The van der Waals surface area contributed by atoms with Gasteiger partial charge in [-0.25, -0.2) is 23.2 Å². The van der Waals surface area contributed by atoms with Gasteiger partial charge in [-0.2, -0.15) is 5.10 Å². The highest BCUT2D eigenvalue weighted by Crippen LogP contribution is 2.39. The lowest BCUT2D eigenvalue weighted by Gasteiger charge is -2.10. The van der Waals surface area contributed by atoms with Crippen molar-refractivity contribution in [2.45, 2.75) is 49.8 Å². The lowest BCUT2D eigenvalue weighted by molar-refractivity contribution is 0.0691. The molecule has 12 heteroatoms. The topological polar surface area (TPSA) is 141 Å². The SMILES string of the molecule is N[SH+](=O)c1ccc(Cc2c(-c3ccc(F)c(CC4CC4)c3)nn(-c3nc(C(=O)O)cs3)c2CC2CC2)cc1F.[OH-]. The zero-order valence-electron chi connectivity index (χ0n) is 21.4. The Morgan fingerprint density at radius 1 is 1.07 bits per heavy atom. The number of rotatable bonds is 10. The van der Waals surface area contributed by atoms with Crippen molar-refractivity contribution >= 4 is 28.3 Å². The van der Waals surface area contributed by atoms with Gasteiger partial charge in [-0.15, -0.1) is 16.5 Å². The highest BCUT2D eigenvalue weighted by Gasteiger charge is 2.30. The van der Waals surface area contributed by atoms with Crippen LogP contribution in [0.2, 0.25) is 0 Å². The van der Waals surface area contributed by atoms with Gasteiger partial charge in [0.15, 0.2) is 22.5 Å². The maximum absolute atomic E-state index is 14.7. The van der Waals surface area contributed by atoms with Crippen molar-refractivity contribution in [3.8, 4) is 16.4 Å². The molecule has 4 N–H and O–H groups in total. The molecule has 2 aliphatic rings. The summed E-state index contributed by atoms with van der Waals surface area (Å²) < 4.78 is 42.8. The van der Waals surface area contributed by atoms with Gasteiger partial charge in [0, 0.05) is 22.9 Å². The van der Waals surface area contributed by atoms with Crippen LogP contribution in [0.25, 0.3) is 16.4 Å². The van der Waals surface area contributed by atoms with Crippen molar-refractivity contribution in [1.29, 1.82) is 0 Å². The fraction of sp³-hybridized carbons (Fsp3) is 0.321. The van der Waals surface area contributed by atoms with Crippen molar-refractivity contribution in [3.05, 3.63) is 81.5 Å². The van der Waals surface area contributed by atoms with Crippen molar-refractivity contribution in [2.75, 3.05) is 0 Å². The Bertz CT molecular complexity index is 1610. The van der Waals surface area contributed by atoms with Crippen LogP contribution in [0.1, 0.15) is 58.6 Å². The van der Waals surface area contributed by atoms with E-state index in [1.54, 1.807) is 16.8 Å². The van der Waals surface area contributed by atoms with Crippen LogP contribution in [0.3, 0.4) is 0 Å². The van der Waals surface area contributed by atoms with Gasteiger partial charge in [0.1, 0.15) is 5.82 Å². The summed E-state index contributed by atoms with van der Waals surface area (Å²) in [5.74, 6) is -1.04. The highest BCUT2D eigenvalue weighted by molar-refractivity contribution is 7.82. The maximum atomic E-state index is 14.7. The third-order valence-corrected chi connectivity index (χ3v) is 8.97. The minimum absolute atomic E-state index is 0. The molecule has 0 radical (unpaired) electrons. The minimum Gasteiger partial charge on any atom is -0.870 e. The number of carbonyl (C=O) groups is 1. The van der Waals surface area contributed by atoms with Crippen LogP contribution < -0.4 is 5.14 Å². The fourth-order valence-electron chi connectivity index (χ4n) is 4.88. The summed E-state index contributed by atoms with van der Waals surface area (Å²) >= 11 is 1.19. The van der Waals surface area contributed by atoms with Crippen LogP contribution in [-0.2, 0) is 34.5 Å². The Kier molecular flexibility index (Phi) is 7.96. The van der Waals surface area contributed by atoms with Gasteiger partial charge in [0.2, 0.25) is 10.0 Å². The fourth-order valence-corrected chi connectivity index (χ4v) is 6.15. The summed E-state index contributed by atoms with van der Waals surface area (Å²) in [5, 5.41) is 21.7. The van der Waals surface area contributed by atoms with Crippen molar-refractivity contribution < 1.29 is 28.4 Å². The number of carboxylic acids is 1. The van der Waals surface area contributed by atoms with Gasteiger partial charge in [-0.05, 0) is 91.8 Å². The van der Waals surface area contributed by atoms with Crippen molar-refractivity contribution in [3.63, 3.8) is 0 Å². The molecule has 0 bridgehead atoms. The third-order valence-electron chi connectivity index (χ3n) is 7.32. The summed E-state index contributed by atoms with van der Waals surface area (Å²) in [5.41, 5.74) is 4.33. The third kappa shape index (κ3) is 5.90. The van der Waals surface area contributed by atoms with Gasteiger partial charge in [-0.1, -0.05) is 10.3 Å². The molecule has 2 aromatic carbocycles. The van der Waals surface area contributed by atoms with E-state index in [0.29, 0.717) is 53.1 Å². The molecule has 0 amide bonds. The largest absolute Gasteiger partial charge is 0.870 e. The zero-order chi connectivity index (χ0) is 27.3. The molecule has 2 fully saturated rings. The number of thiazole rings is 1. The molecule has 1 unspecified atom stereocenters. The molecular formula is C28H28F2N4O4S2. The van der Waals surface area contributed by atoms with Gasteiger partial charge < -0.3 is 10.6 Å². The van der Waals surface area contributed by atoms with Crippen LogP contribution in [-0.4, -0.2) is 31.3 Å². The lowest BCUT2D eigenvalue weighted by atomic mass is 9.95. The first-order chi connectivity index (χ1) is 18.8.